The van der Waals surface area contributed by atoms with Crippen molar-refractivity contribution < 1.29 is 9.66 Å². The van der Waals surface area contributed by atoms with E-state index < -0.39 is 4.92 Å². The van der Waals surface area contributed by atoms with Gasteiger partial charge in [0.2, 0.25) is 11.8 Å². The molecule has 2 rings (SSSR count). The topological polar surface area (TPSA) is 119 Å². The molecule has 0 spiro atoms. The van der Waals surface area contributed by atoms with Crippen LogP contribution in [0.15, 0.2) is 6.20 Å². The zero-order valence-corrected chi connectivity index (χ0v) is 10.6. The van der Waals surface area contributed by atoms with Crippen molar-refractivity contribution in [1.29, 1.82) is 0 Å². The highest BCUT2D eigenvalue weighted by Gasteiger charge is 2.27. The fourth-order valence-corrected chi connectivity index (χ4v) is 2.12. The van der Waals surface area contributed by atoms with E-state index in [1.165, 1.54) is 0 Å². The number of nitrogens with two attached hydrogens (primary N) is 1. The lowest BCUT2D eigenvalue weighted by Gasteiger charge is -2.32. The number of nitrogen functional groups attached to an aromatic ring is 1. The highest BCUT2D eigenvalue weighted by Crippen LogP contribution is 2.28. The molecule has 0 saturated carbocycles. The molecule has 1 aromatic rings. The van der Waals surface area contributed by atoms with Crippen molar-refractivity contribution >= 4 is 17.5 Å². The maximum atomic E-state index is 11.0. The lowest BCUT2D eigenvalue weighted by atomic mass is 10.1. The van der Waals surface area contributed by atoms with Gasteiger partial charge >= 0.3 is 5.69 Å². The first-order valence-corrected chi connectivity index (χ1v) is 5.91. The minimum absolute atomic E-state index is 0.0533. The van der Waals surface area contributed by atoms with E-state index in [4.69, 9.17) is 10.6 Å². The van der Waals surface area contributed by atoms with Crippen LogP contribution in [0.5, 0.6) is 0 Å². The molecule has 1 saturated heterocycles. The second-order valence-electron chi connectivity index (χ2n) is 4.25. The molecule has 9 heteroatoms. The van der Waals surface area contributed by atoms with E-state index in [9.17, 15) is 10.1 Å². The summed E-state index contributed by atoms with van der Waals surface area (Å²) >= 11 is 0. The molecule has 0 amide bonds. The lowest BCUT2D eigenvalue weighted by molar-refractivity contribution is -0.384. The maximum absolute atomic E-state index is 11.0. The summed E-state index contributed by atoms with van der Waals surface area (Å²) in [6.45, 7) is 1.26. The van der Waals surface area contributed by atoms with Gasteiger partial charge in [0.1, 0.15) is 6.20 Å². The first-order chi connectivity index (χ1) is 9.15. The Morgan fingerprint density at radius 3 is 3.11 bits per heavy atom. The Hall–Kier alpha value is -2.00. The second kappa shape index (κ2) is 5.76. The predicted octanol–water partition coefficient (Wildman–Crippen LogP) is 0.286. The van der Waals surface area contributed by atoms with Crippen LogP contribution in [0.2, 0.25) is 0 Å². The Morgan fingerprint density at radius 1 is 1.68 bits per heavy atom. The van der Waals surface area contributed by atoms with Crippen molar-refractivity contribution in [2.24, 2.45) is 5.84 Å². The third-order valence-electron chi connectivity index (χ3n) is 3.09. The first-order valence-electron chi connectivity index (χ1n) is 5.91. The highest BCUT2D eigenvalue weighted by atomic mass is 16.6. The molecule has 1 aliphatic heterocycles. The number of hydrazine groups is 1. The van der Waals surface area contributed by atoms with Gasteiger partial charge in [-0.1, -0.05) is 0 Å². The quantitative estimate of drug-likeness (QED) is 0.454. The molecular weight excluding hydrogens is 252 g/mol. The Bertz CT molecular complexity index is 469. The van der Waals surface area contributed by atoms with Crippen LogP contribution in [0.4, 0.5) is 17.5 Å². The third kappa shape index (κ3) is 2.88. The van der Waals surface area contributed by atoms with Gasteiger partial charge in [-0.3, -0.25) is 15.5 Å². The van der Waals surface area contributed by atoms with Gasteiger partial charge in [0.25, 0.3) is 0 Å². The van der Waals surface area contributed by atoms with E-state index in [1.807, 2.05) is 4.90 Å². The van der Waals surface area contributed by atoms with Gasteiger partial charge in [-0.25, -0.2) is 10.8 Å². The van der Waals surface area contributed by atoms with Crippen molar-refractivity contribution in [2.75, 3.05) is 30.5 Å². The number of nitrogens with zero attached hydrogens (tertiary/aromatic N) is 4. The molecule has 1 aromatic heterocycles. The summed E-state index contributed by atoms with van der Waals surface area (Å²) in [5.74, 6) is 5.67. The number of anilines is 2. The van der Waals surface area contributed by atoms with E-state index in [2.05, 4.69) is 15.4 Å². The molecule has 3 N–H and O–H groups in total. The zero-order valence-electron chi connectivity index (χ0n) is 10.6. The normalized spacial score (nSPS) is 19.3. The van der Waals surface area contributed by atoms with Gasteiger partial charge in [-0.05, 0) is 12.8 Å². The second-order valence-corrected chi connectivity index (χ2v) is 4.25. The summed E-state index contributed by atoms with van der Waals surface area (Å²) < 4.78 is 5.30. The molecule has 1 unspecified atom stereocenters. The zero-order chi connectivity index (χ0) is 13.8. The molecule has 0 aliphatic carbocycles. The first kappa shape index (κ1) is 13.4. The maximum Gasteiger partial charge on any atom is 0.329 e. The largest absolute Gasteiger partial charge is 0.380 e. The Balaban J connectivity index is 2.32. The van der Waals surface area contributed by atoms with Crippen LogP contribution in [-0.4, -0.2) is 41.2 Å². The van der Waals surface area contributed by atoms with Gasteiger partial charge in [-0.2, -0.15) is 4.98 Å². The Morgan fingerprint density at radius 2 is 2.47 bits per heavy atom. The molecule has 9 nitrogen and oxygen atoms in total. The fraction of sp³-hybridized carbons (Fsp3) is 0.600. The number of nitro groups is 1. The molecule has 1 aliphatic rings. The van der Waals surface area contributed by atoms with E-state index in [0.717, 1.165) is 19.0 Å². The van der Waals surface area contributed by atoms with Gasteiger partial charge < -0.3 is 9.64 Å². The van der Waals surface area contributed by atoms with Gasteiger partial charge in [0, 0.05) is 20.2 Å². The number of hydrogen-bond donors (Lipinski definition) is 2. The summed E-state index contributed by atoms with van der Waals surface area (Å²) in [5, 5.41) is 11.0. The van der Waals surface area contributed by atoms with Crippen LogP contribution in [0.1, 0.15) is 12.8 Å². The van der Waals surface area contributed by atoms with Crippen LogP contribution in [0, 0.1) is 10.1 Å². The van der Waals surface area contributed by atoms with Crippen LogP contribution in [0.3, 0.4) is 0 Å². The average molecular weight is 268 g/mol. The number of hydrogen-bond acceptors (Lipinski definition) is 8. The SMILES string of the molecule is COC1CCCN(c2nc(NN)ncc2[N+](=O)[O-])C1. The lowest BCUT2D eigenvalue weighted by Crippen LogP contribution is -2.40. The van der Waals surface area contributed by atoms with Crippen LogP contribution in [-0.2, 0) is 4.74 Å². The minimum Gasteiger partial charge on any atom is -0.380 e. The number of ether oxygens (including phenoxy) is 1. The standard InChI is InChI=1S/C10H16N6O3/c1-19-7-3-2-4-15(6-7)9-8(16(17)18)5-12-10(13-9)14-11/h5,7H,2-4,6,11H2,1H3,(H,12,13,14). The van der Waals surface area contributed by atoms with E-state index in [1.54, 1.807) is 7.11 Å². The molecular formula is C10H16N6O3. The monoisotopic (exact) mass is 268 g/mol. The number of piperidine rings is 1. The van der Waals surface area contributed by atoms with Gasteiger partial charge in [0.05, 0.1) is 11.0 Å². The van der Waals surface area contributed by atoms with Crippen LogP contribution < -0.4 is 16.2 Å². The van der Waals surface area contributed by atoms with Crippen molar-refractivity contribution in [3.05, 3.63) is 16.3 Å². The van der Waals surface area contributed by atoms with Crippen molar-refractivity contribution in [3.8, 4) is 0 Å². The summed E-state index contributed by atoms with van der Waals surface area (Å²) in [6.07, 6.45) is 3.05. The molecule has 104 valence electrons. The van der Waals surface area contributed by atoms with E-state index >= 15 is 0 Å². The van der Waals surface area contributed by atoms with Crippen LogP contribution in [0.25, 0.3) is 0 Å². The van der Waals surface area contributed by atoms with Crippen molar-refractivity contribution in [2.45, 2.75) is 18.9 Å². The van der Waals surface area contributed by atoms with Crippen molar-refractivity contribution in [3.63, 3.8) is 0 Å². The summed E-state index contributed by atoms with van der Waals surface area (Å²) in [7, 11) is 1.63. The number of nitrogens with one attached hydrogen (secondary N) is 1. The van der Waals surface area contributed by atoms with E-state index in [0.29, 0.717) is 13.1 Å². The summed E-state index contributed by atoms with van der Waals surface area (Å²) in [5.41, 5.74) is 2.17. The molecule has 1 atom stereocenters. The van der Waals surface area contributed by atoms with Gasteiger partial charge in [0.15, 0.2) is 0 Å². The third-order valence-corrected chi connectivity index (χ3v) is 3.09. The number of rotatable bonds is 4. The predicted molar refractivity (Wildman–Crippen MR) is 68.7 cm³/mol. The number of methoxy groups -OCH3 is 1. The minimum atomic E-state index is -0.494. The molecule has 0 aromatic carbocycles. The molecule has 1 fully saturated rings. The smallest absolute Gasteiger partial charge is 0.329 e. The summed E-state index contributed by atoms with van der Waals surface area (Å²) in [6, 6.07) is 0. The molecule has 0 radical (unpaired) electrons. The van der Waals surface area contributed by atoms with Crippen molar-refractivity contribution in [1.82, 2.24) is 9.97 Å². The Labute approximate surface area is 109 Å². The molecule has 0 bridgehead atoms. The fourth-order valence-electron chi connectivity index (χ4n) is 2.12. The molecule has 19 heavy (non-hydrogen) atoms. The Kier molecular flexibility index (Phi) is 4.07. The average Bonchev–Trinajstić information content (AvgIpc) is 2.46. The van der Waals surface area contributed by atoms with Crippen LogP contribution >= 0.6 is 0 Å². The summed E-state index contributed by atoms with van der Waals surface area (Å²) in [4.78, 5) is 20.2. The van der Waals surface area contributed by atoms with Gasteiger partial charge in [-0.15, -0.1) is 0 Å². The molecule has 2 heterocycles. The number of aromatic nitrogens is 2. The highest BCUT2D eigenvalue weighted by molar-refractivity contribution is 5.59. The van der Waals surface area contributed by atoms with E-state index in [-0.39, 0.29) is 23.6 Å².